The van der Waals surface area contributed by atoms with Crippen molar-refractivity contribution in [3.8, 4) is 11.5 Å². The predicted molar refractivity (Wildman–Crippen MR) is 164 cm³/mol. The molecule has 0 fully saturated rings. The number of halogens is 2. The second kappa shape index (κ2) is 13.3. The third-order valence-corrected chi connectivity index (χ3v) is 8.02. The molecule has 5 rings (SSSR count). The number of rotatable bonds is 11. The number of carbonyl (C=O) groups is 1. The van der Waals surface area contributed by atoms with Gasteiger partial charge in [0.1, 0.15) is 17.5 Å². The number of nitrogens with one attached hydrogen (secondary N) is 2. The molecule has 1 atom stereocenters. The van der Waals surface area contributed by atoms with E-state index in [0.29, 0.717) is 54.1 Å². The molecule has 1 aromatic heterocycles. The van der Waals surface area contributed by atoms with E-state index in [-0.39, 0.29) is 21.2 Å². The maximum Gasteiger partial charge on any atom is 0.416 e. The first kappa shape index (κ1) is 30.2. The average Bonchev–Trinajstić information content (AvgIpc) is 3.38. The SMILES string of the molecule is O=C(Oc1ccc(Cl)cc1)N1CCc2c([nH]c3ccc(Cl)cc23)[C@@H]1c1ccc(OCCCNC(CO)(CO)CO)cc1.[HH]. The molecule has 0 radical (unpaired) electrons. The quantitative estimate of drug-likeness (QED) is 0.151. The molecule has 0 saturated heterocycles. The lowest BCUT2D eigenvalue weighted by molar-refractivity contribution is 0.0419. The second-order valence-corrected chi connectivity index (χ2v) is 11.2. The van der Waals surface area contributed by atoms with Crippen LogP contribution in [0, 0.1) is 0 Å². The topological polar surface area (TPSA) is 127 Å². The van der Waals surface area contributed by atoms with E-state index in [0.717, 1.165) is 27.7 Å². The Bertz CT molecular complexity index is 1500. The van der Waals surface area contributed by atoms with Crippen molar-refractivity contribution >= 4 is 40.2 Å². The molecule has 1 aliphatic rings. The van der Waals surface area contributed by atoms with Gasteiger partial charge in [0.05, 0.1) is 32.0 Å². The fourth-order valence-corrected chi connectivity index (χ4v) is 5.44. The van der Waals surface area contributed by atoms with Crippen molar-refractivity contribution in [2.24, 2.45) is 0 Å². The number of aromatic amines is 1. The Labute approximate surface area is 255 Å². The summed E-state index contributed by atoms with van der Waals surface area (Å²) in [5.41, 5.74) is 2.74. The third-order valence-electron chi connectivity index (χ3n) is 7.54. The minimum Gasteiger partial charge on any atom is -0.494 e. The summed E-state index contributed by atoms with van der Waals surface area (Å²) >= 11 is 12.3. The Morgan fingerprint density at radius 1 is 0.976 bits per heavy atom. The summed E-state index contributed by atoms with van der Waals surface area (Å²) < 4.78 is 11.6. The number of benzene rings is 3. The lowest BCUT2D eigenvalue weighted by Gasteiger charge is -2.35. The summed E-state index contributed by atoms with van der Waals surface area (Å²) in [6.07, 6.45) is 0.765. The number of H-pyrrole nitrogens is 1. The number of carbonyl (C=O) groups excluding carboxylic acids is 1. The first-order valence-electron chi connectivity index (χ1n) is 13.7. The maximum absolute atomic E-state index is 13.5. The van der Waals surface area contributed by atoms with Crippen LogP contribution >= 0.6 is 23.2 Å². The molecule has 224 valence electrons. The molecule has 0 unspecified atom stereocenters. The van der Waals surface area contributed by atoms with Crippen molar-refractivity contribution in [1.82, 2.24) is 15.2 Å². The maximum atomic E-state index is 13.5. The van der Waals surface area contributed by atoms with Gasteiger partial charge in [0.25, 0.3) is 0 Å². The van der Waals surface area contributed by atoms with Gasteiger partial charge in [0.15, 0.2) is 0 Å². The van der Waals surface area contributed by atoms with Crippen LogP contribution in [0.2, 0.25) is 10.0 Å². The standard InChI is InChI=1S/C31H33Cl2N3O6.H2/c32-21-4-9-24(10-5-21)42-30(40)36-14-12-25-26-16-22(33)6-11-27(26)35-28(25)29(36)20-2-7-23(8-3-20)41-15-1-13-34-31(17-37,18-38)19-39;/h2-11,16,29,34-35,37-39H,1,12-15,17-19H2;1H/t29-;/m0./s1. The van der Waals surface area contributed by atoms with Crippen LogP contribution in [0.3, 0.4) is 0 Å². The molecule has 42 heavy (non-hydrogen) atoms. The Morgan fingerprint density at radius 2 is 1.64 bits per heavy atom. The molecular formula is C31H35Cl2N3O6. The van der Waals surface area contributed by atoms with Gasteiger partial charge in [-0.25, -0.2) is 4.79 Å². The van der Waals surface area contributed by atoms with Crippen molar-refractivity contribution in [3.05, 3.63) is 93.6 Å². The van der Waals surface area contributed by atoms with Gasteiger partial charge in [-0.3, -0.25) is 4.90 Å². The lowest BCUT2D eigenvalue weighted by Crippen LogP contribution is -2.55. The highest BCUT2D eigenvalue weighted by Gasteiger charge is 2.36. The first-order chi connectivity index (χ1) is 20.4. The van der Waals surface area contributed by atoms with Crippen LogP contribution in [0.15, 0.2) is 66.7 Å². The predicted octanol–water partition coefficient (Wildman–Crippen LogP) is 4.94. The van der Waals surface area contributed by atoms with Crippen LogP contribution in [-0.2, 0) is 6.42 Å². The van der Waals surface area contributed by atoms with E-state index < -0.39 is 17.7 Å². The van der Waals surface area contributed by atoms with E-state index in [9.17, 15) is 20.1 Å². The van der Waals surface area contributed by atoms with Crippen molar-refractivity contribution < 1.29 is 31.0 Å². The molecule has 9 nitrogen and oxygen atoms in total. The van der Waals surface area contributed by atoms with Crippen LogP contribution < -0.4 is 14.8 Å². The van der Waals surface area contributed by atoms with Crippen LogP contribution in [0.4, 0.5) is 4.79 Å². The van der Waals surface area contributed by atoms with E-state index in [2.05, 4.69) is 10.3 Å². The average molecular weight is 617 g/mol. The third kappa shape index (κ3) is 6.52. The number of aromatic nitrogens is 1. The van der Waals surface area contributed by atoms with Crippen LogP contribution in [0.1, 0.15) is 30.7 Å². The van der Waals surface area contributed by atoms with Crippen LogP contribution in [-0.4, -0.2) is 76.4 Å². The number of aliphatic hydroxyl groups is 3. The molecule has 1 amide bonds. The number of fused-ring (bicyclic) bond motifs is 3. The molecule has 0 bridgehead atoms. The first-order valence-corrected chi connectivity index (χ1v) is 14.5. The van der Waals surface area contributed by atoms with E-state index in [1.54, 1.807) is 29.2 Å². The highest BCUT2D eigenvalue weighted by molar-refractivity contribution is 6.31. The van der Waals surface area contributed by atoms with Crippen LogP contribution in [0.5, 0.6) is 11.5 Å². The van der Waals surface area contributed by atoms with Gasteiger partial charge in [-0.2, -0.15) is 0 Å². The van der Waals surface area contributed by atoms with Gasteiger partial charge < -0.3 is 35.1 Å². The number of nitrogens with zero attached hydrogens (tertiary/aromatic N) is 1. The van der Waals surface area contributed by atoms with Gasteiger partial charge in [0, 0.05) is 34.6 Å². The largest absolute Gasteiger partial charge is 0.494 e. The van der Waals surface area contributed by atoms with Gasteiger partial charge in [0.2, 0.25) is 0 Å². The van der Waals surface area contributed by atoms with Crippen molar-refractivity contribution in [2.45, 2.75) is 24.4 Å². The molecular weight excluding hydrogens is 581 g/mol. The van der Waals surface area contributed by atoms with Crippen LogP contribution in [0.25, 0.3) is 10.9 Å². The smallest absolute Gasteiger partial charge is 0.416 e. The fourth-order valence-electron chi connectivity index (χ4n) is 5.15. The lowest BCUT2D eigenvalue weighted by atomic mass is 9.92. The molecule has 0 aliphatic carbocycles. The molecule has 2 heterocycles. The van der Waals surface area contributed by atoms with E-state index in [4.69, 9.17) is 32.7 Å². The molecule has 0 spiro atoms. The number of hydrogen-bond acceptors (Lipinski definition) is 7. The van der Waals surface area contributed by atoms with E-state index >= 15 is 0 Å². The number of ether oxygens (including phenoxy) is 2. The van der Waals surface area contributed by atoms with Crippen molar-refractivity contribution in [2.75, 3.05) is 39.5 Å². The minimum absolute atomic E-state index is 0. The number of hydrogen-bond donors (Lipinski definition) is 5. The highest BCUT2D eigenvalue weighted by Crippen LogP contribution is 2.40. The number of aliphatic hydroxyl groups excluding tert-OH is 3. The molecule has 11 heteroatoms. The van der Waals surface area contributed by atoms with Crippen molar-refractivity contribution in [3.63, 3.8) is 0 Å². The molecule has 3 aromatic carbocycles. The summed E-state index contributed by atoms with van der Waals surface area (Å²) in [6.45, 7) is 0.156. The monoisotopic (exact) mass is 615 g/mol. The molecule has 0 saturated carbocycles. The zero-order valence-electron chi connectivity index (χ0n) is 22.9. The second-order valence-electron chi connectivity index (χ2n) is 10.3. The Morgan fingerprint density at radius 3 is 2.33 bits per heavy atom. The fraction of sp³-hybridized carbons (Fsp3) is 0.323. The van der Waals surface area contributed by atoms with Crippen molar-refractivity contribution in [1.29, 1.82) is 0 Å². The Kier molecular flexibility index (Phi) is 9.57. The highest BCUT2D eigenvalue weighted by atomic mass is 35.5. The molecule has 1 aliphatic heterocycles. The normalized spacial score (nSPS) is 15.1. The van der Waals surface area contributed by atoms with Gasteiger partial charge in [-0.1, -0.05) is 35.3 Å². The molecule has 4 aromatic rings. The van der Waals surface area contributed by atoms with Gasteiger partial charge in [-0.05, 0) is 85.1 Å². The summed E-state index contributed by atoms with van der Waals surface area (Å²) in [5, 5.41) is 33.5. The zero-order chi connectivity index (χ0) is 29.7. The summed E-state index contributed by atoms with van der Waals surface area (Å²) in [4.78, 5) is 18.7. The van der Waals surface area contributed by atoms with Gasteiger partial charge >= 0.3 is 6.09 Å². The summed E-state index contributed by atoms with van der Waals surface area (Å²) in [5.74, 6) is 1.07. The van der Waals surface area contributed by atoms with Gasteiger partial charge in [-0.15, -0.1) is 0 Å². The number of amides is 1. The van der Waals surface area contributed by atoms with E-state index in [1.807, 2.05) is 42.5 Å². The Balaban J connectivity index is 0.00000423. The van der Waals surface area contributed by atoms with E-state index in [1.165, 1.54) is 0 Å². The summed E-state index contributed by atoms with van der Waals surface area (Å²) in [7, 11) is 0. The molecule has 5 N–H and O–H groups in total. The Hall–Kier alpha value is -3.31. The minimum atomic E-state index is -1.12. The summed E-state index contributed by atoms with van der Waals surface area (Å²) in [6, 6.07) is 19.6. The zero-order valence-corrected chi connectivity index (χ0v) is 24.4.